The van der Waals surface area contributed by atoms with Crippen LogP contribution in [0.4, 0.5) is 18.0 Å². The highest BCUT2D eigenvalue weighted by Gasteiger charge is 2.48. The maximum atomic E-state index is 13.8. The topological polar surface area (TPSA) is 126 Å². The van der Waals surface area contributed by atoms with E-state index in [1.807, 2.05) is 0 Å². The van der Waals surface area contributed by atoms with Crippen LogP contribution in [-0.4, -0.2) is 88.7 Å². The van der Waals surface area contributed by atoms with E-state index >= 15 is 0 Å². The zero-order valence-corrected chi connectivity index (χ0v) is 22.4. The van der Waals surface area contributed by atoms with E-state index in [2.05, 4.69) is 11.4 Å². The van der Waals surface area contributed by atoms with E-state index in [4.69, 9.17) is 4.74 Å². The fourth-order valence-corrected chi connectivity index (χ4v) is 5.18. The number of ether oxygens (including phenoxy) is 1. The third kappa shape index (κ3) is 7.87. The number of carbonyl (C=O) groups is 2. The molecule has 4 atom stereocenters. The number of nitriles is 1. The molecule has 2 saturated heterocycles. The van der Waals surface area contributed by atoms with Crippen molar-refractivity contribution in [1.29, 1.82) is 5.26 Å². The van der Waals surface area contributed by atoms with Crippen LogP contribution < -0.4 is 5.32 Å². The molecule has 1 aromatic carbocycles. The predicted octanol–water partition coefficient (Wildman–Crippen LogP) is 2.36. The summed E-state index contributed by atoms with van der Waals surface area (Å²) in [5.74, 6) is -6.44. The highest BCUT2D eigenvalue weighted by molar-refractivity contribution is 6.43. The van der Waals surface area contributed by atoms with E-state index in [1.54, 1.807) is 25.7 Å². The lowest BCUT2D eigenvalue weighted by molar-refractivity contribution is -0.140. The Morgan fingerprint density at radius 2 is 1.95 bits per heavy atom. The number of hydrogen-bond acceptors (Lipinski definition) is 7. The third-order valence-corrected chi connectivity index (χ3v) is 8.00. The number of alkyl carbamates (subject to hydrolysis) is 1. The van der Waals surface area contributed by atoms with Gasteiger partial charge < -0.3 is 25.0 Å². The Morgan fingerprint density at radius 3 is 2.51 bits per heavy atom. The molecule has 2 heterocycles. The second-order valence-electron chi connectivity index (χ2n) is 11.0. The fourth-order valence-electron chi connectivity index (χ4n) is 5.18. The predicted molar refractivity (Wildman–Crippen MR) is 137 cm³/mol. The van der Waals surface area contributed by atoms with Crippen LogP contribution in [0.25, 0.3) is 0 Å². The number of amides is 2. The summed E-state index contributed by atoms with van der Waals surface area (Å²) in [5.41, 5.74) is -0.256. The Morgan fingerprint density at radius 1 is 1.28 bits per heavy atom. The first-order valence-electron chi connectivity index (χ1n) is 13.1. The molecular weight excluding hydrogens is 516 g/mol. The van der Waals surface area contributed by atoms with Gasteiger partial charge in [0.05, 0.1) is 25.1 Å². The van der Waals surface area contributed by atoms with Crippen molar-refractivity contribution >= 4 is 19.1 Å². The average molecular weight is 552 g/mol. The lowest BCUT2D eigenvalue weighted by atomic mass is 9.76. The number of benzene rings is 1. The first kappa shape index (κ1) is 30.7. The summed E-state index contributed by atoms with van der Waals surface area (Å²) >= 11 is 0. The molecule has 3 N–H and O–H groups in total. The average Bonchev–Trinajstić information content (AvgIpc) is 3.25. The number of nitrogens with one attached hydrogen (secondary N) is 1. The maximum absolute atomic E-state index is 13.8. The van der Waals surface area contributed by atoms with Crippen LogP contribution in [0.1, 0.15) is 45.6 Å². The highest BCUT2D eigenvalue weighted by atomic mass is 19.3. The Bertz CT molecular complexity index is 1050. The molecule has 0 aliphatic carbocycles. The van der Waals surface area contributed by atoms with Gasteiger partial charge in [-0.2, -0.15) is 5.26 Å². The smallest absolute Gasteiger partial charge is 0.444 e. The Kier molecular flexibility index (Phi) is 9.91. The van der Waals surface area contributed by atoms with Gasteiger partial charge in [-0.25, -0.2) is 18.0 Å². The molecule has 2 aliphatic heterocycles. The number of nitrogens with zero attached hydrogens (tertiary/aromatic N) is 3. The molecule has 0 saturated carbocycles. The molecule has 2 aliphatic rings. The van der Waals surface area contributed by atoms with Crippen molar-refractivity contribution in [2.24, 2.45) is 11.8 Å². The first-order valence-corrected chi connectivity index (χ1v) is 13.1. The van der Waals surface area contributed by atoms with Gasteiger partial charge in [0.25, 0.3) is 5.92 Å². The molecule has 3 rings (SSSR count). The molecule has 2 amide bonds. The lowest BCUT2D eigenvalue weighted by Gasteiger charge is -2.43. The lowest BCUT2D eigenvalue weighted by Crippen LogP contribution is -2.54. The molecule has 214 valence electrons. The summed E-state index contributed by atoms with van der Waals surface area (Å²) in [6.45, 7) is 5.41. The molecule has 1 aromatic rings. The summed E-state index contributed by atoms with van der Waals surface area (Å²) in [6.07, 6.45) is -0.870. The second kappa shape index (κ2) is 12.6. The van der Waals surface area contributed by atoms with Crippen molar-refractivity contribution in [2.75, 3.05) is 26.2 Å². The van der Waals surface area contributed by atoms with E-state index < -0.39 is 66.8 Å². The molecule has 2 fully saturated rings. The van der Waals surface area contributed by atoms with E-state index in [-0.39, 0.29) is 25.9 Å². The van der Waals surface area contributed by atoms with Gasteiger partial charge in [0.15, 0.2) is 0 Å². The van der Waals surface area contributed by atoms with Crippen LogP contribution in [0.5, 0.6) is 0 Å². The van der Waals surface area contributed by atoms with Crippen molar-refractivity contribution in [3.05, 3.63) is 35.6 Å². The summed E-state index contributed by atoms with van der Waals surface area (Å²) in [6, 6.07) is 7.44. The first-order chi connectivity index (χ1) is 18.2. The van der Waals surface area contributed by atoms with Gasteiger partial charge in [-0.15, -0.1) is 0 Å². The maximum Gasteiger partial charge on any atom is 0.475 e. The fraction of sp³-hybridized carbons (Fsp3) is 0.654. The molecule has 0 bridgehead atoms. The zero-order chi connectivity index (χ0) is 29.0. The molecular formula is C26H36BF3N4O5. The minimum Gasteiger partial charge on any atom is -0.444 e. The Labute approximate surface area is 227 Å². The van der Waals surface area contributed by atoms with Gasteiger partial charge in [0.2, 0.25) is 5.91 Å². The molecule has 2 unspecified atom stereocenters. The highest BCUT2D eigenvalue weighted by Crippen LogP contribution is 2.38. The summed E-state index contributed by atoms with van der Waals surface area (Å²) in [7, 11) is -1.90. The van der Waals surface area contributed by atoms with E-state index in [1.165, 1.54) is 29.2 Å². The van der Waals surface area contributed by atoms with Gasteiger partial charge in [0.1, 0.15) is 17.8 Å². The standard InChI is InChI=1S/C26H36BF3N4O5/c1-17(25(2,3)34-12-10-26(29,30)16-34)21(14-31)23(35)33-11-4-5-20(15-33)39-24(36)32-22(27(37)38)13-18-6-8-19(28)9-7-18/h6-9,17,20-22,37-38H,4-5,10-13,15-16H2,1-3H3,(H,32,36)/t17?,20-,21?,22-/m0/s1. The van der Waals surface area contributed by atoms with Crippen LogP contribution in [0, 0.1) is 29.0 Å². The molecule has 39 heavy (non-hydrogen) atoms. The number of rotatable bonds is 9. The molecule has 13 heteroatoms. The number of likely N-dealkylation sites (tertiary alicyclic amines) is 2. The van der Waals surface area contributed by atoms with Crippen LogP contribution in [0.2, 0.25) is 0 Å². The normalized spacial score (nSPS) is 21.9. The summed E-state index contributed by atoms with van der Waals surface area (Å²) in [5, 5.41) is 31.7. The van der Waals surface area contributed by atoms with Gasteiger partial charge in [-0.3, -0.25) is 9.69 Å². The van der Waals surface area contributed by atoms with E-state index in [0.717, 1.165) is 0 Å². The van der Waals surface area contributed by atoms with E-state index in [0.29, 0.717) is 24.9 Å². The number of hydrogen-bond donors (Lipinski definition) is 3. The Hall–Kier alpha value is -2.82. The molecule has 0 radical (unpaired) electrons. The number of alkyl halides is 2. The minimum absolute atomic E-state index is 0.0167. The monoisotopic (exact) mass is 552 g/mol. The molecule has 9 nitrogen and oxygen atoms in total. The van der Waals surface area contributed by atoms with Gasteiger partial charge in [-0.1, -0.05) is 19.1 Å². The number of carbonyl (C=O) groups excluding carboxylic acids is 2. The van der Waals surface area contributed by atoms with Crippen LogP contribution in [0.3, 0.4) is 0 Å². The van der Waals surface area contributed by atoms with E-state index in [9.17, 15) is 38.1 Å². The van der Waals surface area contributed by atoms with Crippen LogP contribution in [0.15, 0.2) is 24.3 Å². The molecule has 0 aromatic heterocycles. The SMILES string of the molecule is CC(C(C#N)C(=O)N1CCC[C@H](OC(=O)N[C@@H](Cc2ccc(F)cc2)B(O)O)C1)C(C)(C)N1CCC(F)(F)C1. The number of halogens is 3. The second-order valence-corrected chi connectivity index (χ2v) is 11.0. The molecule has 0 spiro atoms. The largest absolute Gasteiger partial charge is 0.475 e. The van der Waals surface area contributed by atoms with Gasteiger partial charge >= 0.3 is 13.2 Å². The van der Waals surface area contributed by atoms with Crippen molar-refractivity contribution in [2.45, 2.75) is 70.0 Å². The van der Waals surface area contributed by atoms with Gasteiger partial charge in [-0.05, 0) is 56.7 Å². The summed E-state index contributed by atoms with van der Waals surface area (Å²) in [4.78, 5) is 29.0. The van der Waals surface area contributed by atoms with Crippen molar-refractivity contribution in [1.82, 2.24) is 15.1 Å². The quantitative estimate of drug-likeness (QED) is 0.402. The number of piperidine rings is 1. The van der Waals surface area contributed by atoms with Crippen molar-refractivity contribution < 1.29 is 37.5 Å². The third-order valence-electron chi connectivity index (χ3n) is 8.00. The minimum atomic E-state index is -2.80. The Balaban J connectivity index is 1.59. The zero-order valence-electron chi connectivity index (χ0n) is 22.4. The van der Waals surface area contributed by atoms with Crippen LogP contribution >= 0.6 is 0 Å². The van der Waals surface area contributed by atoms with Crippen molar-refractivity contribution in [3.63, 3.8) is 0 Å². The summed E-state index contributed by atoms with van der Waals surface area (Å²) < 4.78 is 46.3. The van der Waals surface area contributed by atoms with Crippen LogP contribution in [-0.2, 0) is 16.0 Å². The van der Waals surface area contributed by atoms with Gasteiger partial charge in [0, 0.05) is 25.0 Å². The van der Waals surface area contributed by atoms with Crippen molar-refractivity contribution in [3.8, 4) is 6.07 Å².